The minimum atomic E-state index is -0.264. The van der Waals surface area contributed by atoms with Gasteiger partial charge in [-0.15, -0.1) is 0 Å². The molecule has 0 heterocycles. The molecule has 2 N–H and O–H groups in total. The van der Waals surface area contributed by atoms with Crippen molar-refractivity contribution in [1.82, 2.24) is 0 Å². The zero-order valence-electron chi connectivity index (χ0n) is 11.3. The van der Waals surface area contributed by atoms with Crippen LogP contribution in [0.1, 0.15) is 44.7 Å². The minimum absolute atomic E-state index is 0.181. The van der Waals surface area contributed by atoms with Gasteiger partial charge in [0, 0.05) is 30.4 Å². The fourth-order valence-electron chi connectivity index (χ4n) is 2.44. The molecule has 1 aromatic carbocycles. The monoisotopic (exact) mass is 250 g/mol. The lowest BCUT2D eigenvalue weighted by Crippen LogP contribution is -2.29. The Kier molecular flexibility index (Phi) is 4.23. The van der Waals surface area contributed by atoms with E-state index >= 15 is 0 Å². The maximum atomic E-state index is 13.9. The lowest BCUT2D eigenvalue weighted by atomic mass is 10.0. The van der Waals surface area contributed by atoms with E-state index in [9.17, 15) is 4.39 Å². The molecule has 0 radical (unpaired) electrons. The number of nitrogens with zero attached hydrogens (tertiary/aromatic N) is 1. The summed E-state index contributed by atoms with van der Waals surface area (Å²) in [6.45, 7) is 6.02. The van der Waals surface area contributed by atoms with Crippen molar-refractivity contribution >= 4 is 5.69 Å². The van der Waals surface area contributed by atoms with Crippen molar-refractivity contribution in [2.75, 3.05) is 18.0 Å². The summed E-state index contributed by atoms with van der Waals surface area (Å²) in [6.07, 6.45) is 3.69. The average Bonchev–Trinajstić information content (AvgIpc) is 3.11. The topological polar surface area (TPSA) is 29.3 Å². The van der Waals surface area contributed by atoms with E-state index in [1.165, 1.54) is 18.9 Å². The first-order valence-corrected chi connectivity index (χ1v) is 6.92. The van der Waals surface area contributed by atoms with Crippen LogP contribution in [-0.4, -0.2) is 13.1 Å². The zero-order chi connectivity index (χ0) is 13.1. The molecule has 0 amide bonds. The van der Waals surface area contributed by atoms with E-state index in [0.29, 0.717) is 5.56 Å². The van der Waals surface area contributed by atoms with Crippen LogP contribution in [0.15, 0.2) is 18.2 Å². The molecule has 3 heteroatoms. The van der Waals surface area contributed by atoms with Crippen LogP contribution in [-0.2, 0) is 0 Å². The molecular weight excluding hydrogens is 227 g/mol. The Bertz CT molecular complexity index is 399. The van der Waals surface area contributed by atoms with Crippen molar-refractivity contribution in [3.05, 3.63) is 29.6 Å². The second-order valence-electron chi connectivity index (χ2n) is 5.35. The van der Waals surface area contributed by atoms with Crippen LogP contribution in [0.25, 0.3) is 0 Å². The third-order valence-corrected chi connectivity index (χ3v) is 3.49. The Morgan fingerprint density at radius 1 is 1.44 bits per heavy atom. The smallest absolute Gasteiger partial charge is 0.130 e. The third-order valence-electron chi connectivity index (χ3n) is 3.49. The molecule has 0 saturated heterocycles. The van der Waals surface area contributed by atoms with Crippen LogP contribution < -0.4 is 10.6 Å². The Balaban J connectivity index is 2.29. The van der Waals surface area contributed by atoms with Gasteiger partial charge in [-0.3, -0.25) is 0 Å². The Hall–Kier alpha value is -1.09. The van der Waals surface area contributed by atoms with Crippen molar-refractivity contribution < 1.29 is 4.39 Å². The van der Waals surface area contributed by atoms with Gasteiger partial charge in [0.2, 0.25) is 0 Å². The molecule has 1 aliphatic rings. The van der Waals surface area contributed by atoms with Gasteiger partial charge < -0.3 is 10.6 Å². The summed E-state index contributed by atoms with van der Waals surface area (Å²) in [4.78, 5) is 2.31. The quantitative estimate of drug-likeness (QED) is 0.837. The number of nitrogens with two attached hydrogens (primary N) is 1. The second-order valence-corrected chi connectivity index (χ2v) is 5.35. The fraction of sp³-hybridized carbons (Fsp3) is 0.600. The van der Waals surface area contributed by atoms with E-state index in [2.05, 4.69) is 11.8 Å². The Morgan fingerprint density at radius 3 is 2.72 bits per heavy atom. The van der Waals surface area contributed by atoms with Crippen LogP contribution in [0.5, 0.6) is 0 Å². The largest absolute Gasteiger partial charge is 0.371 e. The van der Waals surface area contributed by atoms with Gasteiger partial charge in [-0.1, -0.05) is 13.0 Å². The summed E-state index contributed by atoms with van der Waals surface area (Å²) in [5, 5.41) is 0. The highest BCUT2D eigenvalue weighted by Crippen LogP contribution is 2.34. The van der Waals surface area contributed by atoms with Crippen molar-refractivity contribution in [3.63, 3.8) is 0 Å². The van der Waals surface area contributed by atoms with Crippen molar-refractivity contribution in [2.24, 2.45) is 11.7 Å². The number of anilines is 1. The molecule has 18 heavy (non-hydrogen) atoms. The maximum absolute atomic E-state index is 13.9. The van der Waals surface area contributed by atoms with Crippen molar-refractivity contribution in [1.29, 1.82) is 0 Å². The SMILES string of the molecule is CCCN(CC1CC1)c1cccc(F)c1[C@H](C)N. The number of hydrogen-bond acceptors (Lipinski definition) is 2. The summed E-state index contributed by atoms with van der Waals surface area (Å²) in [5.74, 6) is 0.611. The molecule has 0 aromatic heterocycles. The van der Waals surface area contributed by atoms with Gasteiger partial charge in [0.1, 0.15) is 5.82 Å². The molecule has 1 atom stereocenters. The van der Waals surface area contributed by atoms with E-state index < -0.39 is 0 Å². The van der Waals surface area contributed by atoms with Crippen LogP contribution >= 0.6 is 0 Å². The number of halogens is 1. The molecule has 0 unspecified atom stereocenters. The van der Waals surface area contributed by atoms with E-state index in [1.807, 2.05) is 13.0 Å². The molecule has 0 bridgehead atoms. The molecule has 1 fully saturated rings. The highest BCUT2D eigenvalue weighted by Gasteiger charge is 2.26. The summed E-state index contributed by atoms with van der Waals surface area (Å²) in [6, 6.07) is 5.02. The highest BCUT2D eigenvalue weighted by atomic mass is 19.1. The van der Waals surface area contributed by atoms with Gasteiger partial charge in [0.15, 0.2) is 0 Å². The van der Waals surface area contributed by atoms with E-state index in [1.54, 1.807) is 6.07 Å². The van der Waals surface area contributed by atoms with Gasteiger partial charge in [0.05, 0.1) is 0 Å². The lowest BCUT2D eigenvalue weighted by molar-refractivity contribution is 0.589. The fourth-order valence-corrected chi connectivity index (χ4v) is 2.44. The molecule has 0 spiro atoms. The number of benzene rings is 1. The Labute approximate surface area is 109 Å². The predicted octanol–water partition coefficient (Wildman–Crippen LogP) is 3.47. The number of rotatable bonds is 6. The minimum Gasteiger partial charge on any atom is -0.371 e. The molecule has 1 aliphatic carbocycles. The predicted molar refractivity (Wildman–Crippen MR) is 74.2 cm³/mol. The summed E-state index contributed by atoms with van der Waals surface area (Å²) in [5.41, 5.74) is 7.57. The second kappa shape index (κ2) is 5.70. The molecule has 2 rings (SSSR count). The van der Waals surface area contributed by atoms with E-state index in [4.69, 9.17) is 5.73 Å². The van der Waals surface area contributed by atoms with E-state index in [-0.39, 0.29) is 11.9 Å². The summed E-state index contributed by atoms with van der Waals surface area (Å²) in [7, 11) is 0. The first-order chi connectivity index (χ1) is 8.63. The normalized spacial score (nSPS) is 16.7. The zero-order valence-corrected chi connectivity index (χ0v) is 11.3. The average molecular weight is 250 g/mol. The molecule has 2 nitrogen and oxygen atoms in total. The Morgan fingerprint density at radius 2 is 2.17 bits per heavy atom. The lowest BCUT2D eigenvalue weighted by Gasteiger charge is -2.28. The molecule has 0 aliphatic heterocycles. The number of hydrogen-bond donors (Lipinski definition) is 1. The van der Waals surface area contributed by atoms with Gasteiger partial charge in [-0.05, 0) is 44.2 Å². The third kappa shape index (κ3) is 3.02. The highest BCUT2D eigenvalue weighted by molar-refractivity contribution is 5.55. The van der Waals surface area contributed by atoms with Gasteiger partial charge in [-0.25, -0.2) is 4.39 Å². The van der Waals surface area contributed by atoms with Gasteiger partial charge in [-0.2, -0.15) is 0 Å². The standard InChI is InChI=1S/C15H23FN2/c1-3-9-18(10-12-7-8-12)14-6-4-5-13(16)15(14)11(2)17/h4-6,11-12H,3,7-10,17H2,1-2H3/t11-/m0/s1. The van der Waals surface area contributed by atoms with Crippen LogP contribution in [0, 0.1) is 11.7 Å². The summed E-state index contributed by atoms with van der Waals surface area (Å²) >= 11 is 0. The van der Waals surface area contributed by atoms with Gasteiger partial charge >= 0.3 is 0 Å². The first kappa shape index (κ1) is 13.3. The van der Waals surface area contributed by atoms with Crippen molar-refractivity contribution in [2.45, 2.75) is 39.2 Å². The molecular formula is C15H23FN2. The van der Waals surface area contributed by atoms with Crippen LogP contribution in [0.2, 0.25) is 0 Å². The molecule has 1 aromatic rings. The first-order valence-electron chi connectivity index (χ1n) is 6.92. The molecule has 1 saturated carbocycles. The maximum Gasteiger partial charge on any atom is 0.130 e. The summed E-state index contributed by atoms with van der Waals surface area (Å²) < 4.78 is 13.9. The van der Waals surface area contributed by atoms with Crippen LogP contribution in [0.3, 0.4) is 0 Å². The van der Waals surface area contributed by atoms with E-state index in [0.717, 1.165) is 31.1 Å². The van der Waals surface area contributed by atoms with Gasteiger partial charge in [0.25, 0.3) is 0 Å². The van der Waals surface area contributed by atoms with Crippen molar-refractivity contribution in [3.8, 4) is 0 Å². The molecule has 100 valence electrons. The van der Waals surface area contributed by atoms with Crippen LogP contribution in [0.4, 0.5) is 10.1 Å².